The number of aryl methyl sites for hydroxylation is 3. The molecule has 1 N–H and O–H groups in total. The first-order valence-corrected chi connectivity index (χ1v) is 13.7. The third kappa shape index (κ3) is 5.53. The first-order chi connectivity index (χ1) is 19.2. The van der Waals surface area contributed by atoms with E-state index in [0.717, 1.165) is 11.4 Å². The molecule has 0 radical (unpaired) electrons. The zero-order valence-electron chi connectivity index (χ0n) is 24.7. The molecule has 216 valence electrons. The monoisotopic (exact) mass is 561 g/mol. The minimum atomic E-state index is -0.583. The molecule has 11 heteroatoms. The lowest BCUT2D eigenvalue weighted by Crippen LogP contribution is -2.59. The Morgan fingerprint density at radius 1 is 0.976 bits per heavy atom. The van der Waals surface area contributed by atoms with Gasteiger partial charge in [-0.15, -0.1) is 0 Å². The molecule has 10 nitrogen and oxygen atoms in total. The predicted molar refractivity (Wildman–Crippen MR) is 156 cm³/mol. The molecule has 4 heterocycles. The number of imidazole rings is 1. The summed E-state index contributed by atoms with van der Waals surface area (Å²) in [7, 11) is 0. The summed E-state index contributed by atoms with van der Waals surface area (Å²) < 4.78 is 21.9. The van der Waals surface area contributed by atoms with Crippen LogP contribution in [0.4, 0.5) is 20.6 Å². The van der Waals surface area contributed by atoms with Crippen molar-refractivity contribution in [1.82, 2.24) is 24.3 Å². The fraction of sp³-hybridized carbons (Fsp3) is 0.433. The Kier molecular flexibility index (Phi) is 7.08. The number of benzene rings is 1. The molecule has 1 saturated heterocycles. The van der Waals surface area contributed by atoms with Gasteiger partial charge < -0.3 is 19.4 Å². The minimum absolute atomic E-state index is 0.122. The molecule has 2 atom stereocenters. The van der Waals surface area contributed by atoms with Crippen molar-refractivity contribution in [2.24, 2.45) is 0 Å². The Morgan fingerprint density at radius 2 is 1.61 bits per heavy atom. The van der Waals surface area contributed by atoms with E-state index in [0.29, 0.717) is 46.8 Å². The number of hydrogen-bond acceptors (Lipinski definition) is 7. The van der Waals surface area contributed by atoms with Crippen LogP contribution in [0.5, 0.6) is 0 Å². The number of halogens is 1. The van der Waals surface area contributed by atoms with Gasteiger partial charge in [-0.1, -0.05) is 0 Å². The first kappa shape index (κ1) is 28.3. The van der Waals surface area contributed by atoms with Crippen LogP contribution in [0.1, 0.15) is 62.1 Å². The molecule has 1 fully saturated rings. The maximum atomic E-state index is 14.6. The second-order valence-corrected chi connectivity index (χ2v) is 11.9. The maximum Gasteiger partial charge on any atom is 0.410 e. The van der Waals surface area contributed by atoms with E-state index in [4.69, 9.17) is 14.7 Å². The number of nitrogens with one attached hydrogen (secondary N) is 1. The van der Waals surface area contributed by atoms with Gasteiger partial charge in [-0.3, -0.25) is 9.69 Å². The van der Waals surface area contributed by atoms with E-state index in [9.17, 15) is 14.0 Å². The van der Waals surface area contributed by atoms with Gasteiger partial charge >= 0.3 is 6.09 Å². The maximum absolute atomic E-state index is 14.6. The number of fused-ring (bicyclic) bond motifs is 2. The third-order valence-electron chi connectivity index (χ3n) is 7.21. The molecule has 4 aromatic rings. The summed E-state index contributed by atoms with van der Waals surface area (Å²) in [4.78, 5) is 44.2. The van der Waals surface area contributed by atoms with Gasteiger partial charge in [-0.05, 0) is 67.5 Å². The number of ether oxygens (including phenoxy) is 1. The zero-order chi connectivity index (χ0) is 29.8. The molecule has 2 amide bonds. The summed E-state index contributed by atoms with van der Waals surface area (Å²) >= 11 is 0. The fourth-order valence-electron chi connectivity index (χ4n) is 5.37. The van der Waals surface area contributed by atoms with E-state index >= 15 is 0 Å². The van der Waals surface area contributed by atoms with Crippen molar-refractivity contribution >= 4 is 40.1 Å². The van der Waals surface area contributed by atoms with Crippen LogP contribution in [0.2, 0.25) is 0 Å². The van der Waals surface area contributed by atoms with Gasteiger partial charge in [-0.2, -0.15) is 0 Å². The van der Waals surface area contributed by atoms with Crippen LogP contribution < -0.4 is 10.2 Å². The number of carbonyl (C=O) groups excluding carboxylic acids is 2. The largest absolute Gasteiger partial charge is 0.444 e. The second kappa shape index (κ2) is 10.3. The number of carbonyl (C=O) groups is 2. The Morgan fingerprint density at radius 3 is 2.24 bits per heavy atom. The highest BCUT2D eigenvalue weighted by molar-refractivity contribution is 6.13. The van der Waals surface area contributed by atoms with E-state index in [1.807, 2.05) is 54.5 Å². The quantitative estimate of drug-likeness (QED) is 0.356. The molecule has 1 aliphatic rings. The summed E-state index contributed by atoms with van der Waals surface area (Å²) in [5, 5.41) is 2.81. The Balaban J connectivity index is 1.48. The summed E-state index contributed by atoms with van der Waals surface area (Å²) in [6.45, 7) is 16.2. The van der Waals surface area contributed by atoms with Crippen LogP contribution in [0, 0.1) is 26.6 Å². The van der Waals surface area contributed by atoms with Crippen LogP contribution in [0.15, 0.2) is 30.6 Å². The number of piperazine rings is 1. The lowest BCUT2D eigenvalue weighted by molar-refractivity contribution is 0.00566. The molecule has 2 unspecified atom stereocenters. The number of nitrogens with zero attached hydrogens (tertiary/aromatic N) is 6. The van der Waals surface area contributed by atoms with Crippen molar-refractivity contribution < 1.29 is 18.7 Å². The van der Waals surface area contributed by atoms with E-state index in [1.54, 1.807) is 34.7 Å². The molecule has 41 heavy (non-hydrogen) atoms. The van der Waals surface area contributed by atoms with Crippen LogP contribution in [-0.2, 0) is 4.74 Å². The molecular weight excluding hydrogens is 525 g/mol. The van der Waals surface area contributed by atoms with Crippen molar-refractivity contribution in [2.75, 3.05) is 23.3 Å². The number of aromatic nitrogens is 4. The fourth-order valence-corrected chi connectivity index (χ4v) is 5.37. The lowest BCUT2D eigenvalue weighted by atomic mass is 10.0. The van der Waals surface area contributed by atoms with Gasteiger partial charge in [0.25, 0.3) is 5.91 Å². The molecule has 5 rings (SSSR count). The summed E-state index contributed by atoms with van der Waals surface area (Å²) in [6.07, 6.45) is 2.99. The van der Waals surface area contributed by atoms with E-state index in [2.05, 4.69) is 15.2 Å². The van der Waals surface area contributed by atoms with E-state index in [1.165, 1.54) is 6.07 Å². The van der Waals surface area contributed by atoms with Crippen molar-refractivity contribution in [3.8, 4) is 0 Å². The lowest BCUT2D eigenvalue weighted by Gasteiger charge is -2.45. The number of anilines is 2. The van der Waals surface area contributed by atoms with Gasteiger partial charge in [0.2, 0.25) is 0 Å². The molecule has 1 aromatic carbocycles. The zero-order valence-corrected chi connectivity index (χ0v) is 24.7. The van der Waals surface area contributed by atoms with Crippen LogP contribution in [0.3, 0.4) is 0 Å². The molecular formula is C30H36FN7O3. The number of rotatable bonds is 3. The average Bonchev–Trinajstić information content (AvgIpc) is 3.23. The topological polar surface area (TPSA) is 105 Å². The van der Waals surface area contributed by atoms with E-state index < -0.39 is 17.3 Å². The van der Waals surface area contributed by atoms with Crippen LogP contribution in [0.25, 0.3) is 16.7 Å². The van der Waals surface area contributed by atoms with Gasteiger partial charge in [0, 0.05) is 31.5 Å². The Labute approximate surface area is 238 Å². The average molecular weight is 562 g/mol. The van der Waals surface area contributed by atoms with Gasteiger partial charge in [-0.25, -0.2) is 24.1 Å². The molecule has 3 aromatic heterocycles. The number of amides is 2. The first-order valence-electron chi connectivity index (χ1n) is 13.7. The summed E-state index contributed by atoms with van der Waals surface area (Å²) in [6, 6.07) is 4.60. The molecule has 1 aliphatic heterocycles. The highest BCUT2D eigenvalue weighted by atomic mass is 19.1. The highest BCUT2D eigenvalue weighted by Crippen LogP contribution is 2.32. The van der Waals surface area contributed by atoms with Crippen LogP contribution >= 0.6 is 0 Å². The summed E-state index contributed by atoms with van der Waals surface area (Å²) in [5.41, 5.74) is 4.26. The Bertz CT molecular complexity index is 1660. The molecule has 0 spiro atoms. The van der Waals surface area contributed by atoms with Gasteiger partial charge in [0.05, 0.1) is 46.1 Å². The standard InChI is InChI=1S/C30H36FN7O3/c1-16-12-37-15-21(11-23(31)27(37)32-16)35-28(39)22-9-10-24(26-25(22)33-19(4)20(5)34-26)36-13-17(2)38(18(3)14-36)29(40)41-30(6,7)8/h9-12,15,17-18H,13-14H2,1-8H3,(H,35,39). The van der Waals surface area contributed by atoms with Crippen molar-refractivity contribution in [2.45, 2.75) is 73.1 Å². The van der Waals surface area contributed by atoms with E-state index in [-0.39, 0.29) is 23.8 Å². The minimum Gasteiger partial charge on any atom is -0.444 e. The van der Waals surface area contributed by atoms with Crippen molar-refractivity contribution in [3.63, 3.8) is 0 Å². The SMILES string of the molecule is Cc1cn2cc(NC(=O)c3ccc(N4CC(C)N(C(=O)OC(C)(C)C)C(C)C4)c4nc(C)c(C)nc34)cc(F)c2n1. The molecule has 0 bridgehead atoms. The van der Waals surface area contributed by atoms with Crippen molar-refractivity contribution in [1.29, 1.82) is 0 Å². The highest BCUT2D eigenvalue weighted by Gasteiger charge is 2.36. The van der Waals surface area contributed by atoms with Gasteiger partial charge in [0.15, 0.2) is 11.5 Å². The predicted octanol–water partition coefficient (Wildman–Crippen LogP) is 5.43. The molecule has 0 saturated carbocycles. The number of hydrogen-bond donors (Lipinski definition) is 1. The van der Waals surface area contributed by atoms with Crippen LogP contribution in [-0.4, -0.2) is 67.0 Å². The van der Waals surface area contributed by atoms with Crippen molar-refractivity contribution in [3.05, 3.63) is 59.1 Å². The smallest absolute Gasteiger partial charge is 0.410 e. The normalized spacial score (nSPS) is 17.8. The Hall–Kier alpha value is -4.28. The second-order valence-electron chi connectivity index (χ2n) is 11.9. The third-order valence-corrected chi connectivity index (χ3v) is 7.21. The number of pyridine rings is 1. The molecule has 0 aliphatic carbocycles. The summed E-state index contributed by atoms with van der Waals surface area (Å²) in [5.74, 6) is -0.956. The van der Waals surface area contributed by atoms with Gasteiger partial charge in [0.1, 0.15) is 16.6 Å².